The maximum absolute atomic E-state index is 13.8. The predicted octanol–water partition coefficient (Wildman–Crippen LogP) is 4.51. The first-order chi connectivity index (χ1) is 16.4. The standard InChI is InChI=1S/C27H26N2O4S/c30-25(28-34(32,33)20-17-22-11-4-1-5-12-22)27(18-10-19-27)26(31)29(24-15-8-3-9-16-24)21-23-13-6-2-7-14-23/h1-9,11-17,20H,10,18-19,21H2,(H,28,30). The molecule has 1 fully saturated rings. The highest BCUT2D eigenvalue weighted by molar-refractivity contribution is 7.93. The normalized spacial score (nSPS) is 14.8. The zero-order valence-electron chi connectivity index (χ0n) is 18.6. The Hall–Kier alpha value is -3.71. The number of hydrogen-bond acceptors (Lipinski definition) is 4. The van der Waals surface area contributed by atoms with Gasteiger partial charge < -0.3 is 4.90 Å². The van der Waals surface area contributed by atoms with E-state index in [1.54, 1.807) is 29.2 Å². The maximum Gasteiger partial charge on any atom is 0.257 e. The second-order valence-corrected chi connectivity index (χ2v) is 9.90. The third-order valence-electron chi connectivity index (χ3n) is 6.02. The van der Waals surface area contributed by atoms with Gasteiger partial charge in [0.15, 0.2) is 0 Å². The SMILES string of the molecule is O=C(NS(=O)(=O)C=Cc1ccccc1)C1(C(=O)N(Cc2ccccc2)c2ccccc2)CCC1. The zero-order chi connectivity index (χ0) is 24.0. The molecule has 2 amide bonds. The summed E-state index contributed by atoms with van der Waals surface area (Å²) in [5, 5.41) is 0.954. The van der Waals surface area contributed by atoms with Crippen LogP contribution < -0.4 is 9.62 Å². The van der Waals surface area contributed by atoms with Gasteiger partial charge in [-0.25, -0.2) is 13.1 Å². The van der Waals surface area contributed by atoms with Gasteiger partial charge in [-0.15, -0.1) is 0 Å². The Labute approximate surface area is 200 Å². The van der Waals surface area contributed by atoms with E-state index in [2.05, 4.69) is 4.72 Å². The van der Waals surface area contributed by atoms with Gasteiger partial charge in [0, 0.05) is 5.69 Å². The minimum atomic E-state index is -4.07. The van der Waals surface area contributed by atoms with Crippen LogP contribution in [-0.2, 0) is 26.2 Å². The summed E-state index contributed by atoms with van der Waals surface area (Å²) in [4.78, 5) is 28.6. The molecule has 0 saturated heterocycles. The van der Waals surface area contributed by atoms with Gasteiger partial charge in [0.25, 0.3) is 10.0 Å². The summed E-state index contributed by atoms with van der Waals surface area (Å²) in [5.41, 5.74) is 0.835. The molecule has 1 saturated carbocycles. The number of anilines is 1. The van der Waals surface area contributed by atoms with Crippen molar-refractivity contribution in [2.24, 2.45) is 5.41 Å². The Kier molecular flexibility index (Phi) is 6.93. The van der Waals surface area contributed by atoms with E-state index in [4.69, 9.17) is 0 Å². The lowest BCUT2D eigenvalue weighted by molar-refractivity contribution is -0.146. The Balaban J connectivity index is 1.58. The number of nitrogens with one attached hydrogen (secondary N) is 1. The van der Waals surface area contributed by atoms with Crippen LogP contribution in [0.3, 0.4) is 0 Å². The first kappa shape index (κ1) is 23.4. The lowest BCUT2D eigenvalue weighted by Gasteiger charge is -2.41. The van der Waals surface area contributed by atoms with Crippen molar-refractivity contribution in [3.63, 3.8) is 0 Å². The fraction of sp³-hybridized carbons (Fsp3) is 0.185. The molecule has 0 radical (unpaired) electrons. The number of benzene rings is 3. The number of carbonyl (C=O) groups is 2. The molecule has 0 unspecified atom stereocenters. The van der Waals surface area contributed by atoms with Crippen molar-refractivity contribution in [3.05, 3.63) is 108 Å². The van der Waals surface area contributed by atoms with Crippen LogP contribution in [0.2, 0.25) is 0 Å². The first-order valence-corrected chi connectivity index (χ1v) is 12.7. The largest absolute Gasteiger partial charge is 0.307 e. The number of carbonyl (C=O) groups excluding carboxylic acids is 2. The molecule has 7 heteroatoms. The van der Waals surface area contributed by atoms with Crippen LogP contribution in [0.1, 0.15) is 30.4 Å². The Morgan fingerprint density at radius 2 is 1.41 bits per heavy atom. The smallest absolute Gasteiger partial charge is 0.257 e. The second kappa shape index (κ2) is 10.1. The van der Waals surface area contributed by atoms with Crippen LogP contribution in [0.15, 0.2) is 96.4 Å². The van der Waals surface area contributed by atoms with Crippen molar-refractivity contribution >= 4 is 33.6 Å². The van der Waals surface area contributed by atoms with Crippen molar-refractivity contribution in [1.82, 2.24) is 4.72 Å². The van der Waals surface area contributed by atoms with Crippen LogP contribution >= 0.6 is 0 Å². The average Bonchev–Trinajstić information content (AvgIpc) is 2.82. The molecule has 1 aliphatic rings. The van der Waals surface area contributed by atoms with Gasteiger partial charge in [0.2, 0.25) is 11.8 Å². The van der Waals surface area contributed by atoms with E-state index in [1.807, 2.05) is 66.7 Å². The Morgan fingerprint density at radius 1 is 0.853 bits per heavy atom. The van der Waals surface area contributed by atoms with Gasteiger partial charge in [-0.1, -0.05) is 85.3 Å². The monoisotopic (exact) mass is 474 g/mol. The lowest BCUT2D eigenvalue weighted by atomic mass is 9.67. The predicted molar refractivity (Wildman–Crippen MR) is 133 cm³/mol. The van der Waals surface area contributed by atoms with Crippen LogP contribution in [-0.4, -0.2) is 20.2 Å². The summed E-state index contributed by atoms with van der Waals surface area (Å²) < 4.78 is 27.3. The summed E-state index contributed by atoms with van der Waals surface area (Å²) in [7, 11) is -4.07. The van der Waals surface area contributed by atoms with E-state index >= 15 is 0 Å². The highest BCUT2D eigenvalue weighted by atomic mass is 32.2. The lowest BCUT2D eigenvalue weighted by Crippen LogP contribution is -2.57. The van der Waals surface area contributed by atoms with Crippen molar-refractivity contribution in [3.8, 4) is 0 Å². The van der Waals surface area contributed by atoms with Gasteiger partial charge in [-0.3, -0.25) is 9.59 Å². The van der Waals surface area contributed by atoms with E-state index in [0.717, 1.165) is 11.0 Å². The molecular weight excluding hydrogens is 448 g/mol. The van der Waals surface area contributed by atoms with Crippen molar-refractivity contribution in [2.45, 2.75) is 25.8 Å². The quantitative estimate of drug-likeness (QED) is 0.487. The summed E-state index contributed by atoms with van der Waals surface area (Å²) in [6, 6.07) is 27.5. The number of amides is 2. The topological polar surface area (TPSA) is 83.5 Å². The summed E-state index contributed by atoms with van der Waals surface area (Å²) in [6.45, 7) is 0.277. The number of nitrogens with zero attached hydrogens (tertiary/aromatic N) is 1. The molecular formula is C27H26N2O4S. The molecule has 3 aromatic rings. The Bertz CT molecular complexity index is 1270. The number of hydrogen-bond donors (Lipinski definition) is 1. The first-order valence-electron chi connectivity index (χ1n) is 11.1. The summed E-state index contributed by atoms with van der Waals surface area (Å²) in [5.74, 6) is -1.18. The van der Waals surface area contributed by atoms with Crippen LogP contribution in [0.25, 0.3) is 6.08 Å². The molecule has 0 bridgehead atoms. The van der Waals surface area contributed by atoms with Crippen molar-refractivity contribution in [1.29, 1.82) is 0 Å². The van der Waals surface area contributed by atoms with Gasteiger partial charge >= 0.3 is 0 Å². The van der Waals surface area contributed by atoms with Crippen LogP contribution in [0.5, 0.6) is 0 Å². The fourth-order valence-corrected chi connectivity index (χ4v) is 4.83. The summed E-state index contributed by atoms with van der Waals surface area (Å²) in [6.07, 6.45) is 2.69. The molecule has 4 rings (SSSR count). The van der Waals surface area contributed by atoms with Gasteiger partial charge in [-0.2, -0.15) is 0 Å². The van der Waals surface area contributed by atoms with Crippen LogP contribution in [0, 0.1) is 5.41 Å². The molecule has 0 atom stereocenters. The number of para-hydroxylation sites is 1. The molecule has 0 aromatic heterocycles. The van der Waals surface area contributed by atoms with Gasteiger partial charge in [-0.05, 0) is 42.2 Å². The van der Waals surface area contributed by atoms with Gasteiger partial charge in [0.05, 0.1) is 12.0 Å². The minimum absolute atomic E-state index is 0.277. The third-order valence-corrected chi connectivity index (χ3v) is 6.99. The van der Waals surface area contributed by atoms with Crippen molar-refractivity contribution in [2.75, 3.05) is 4.90 Å². The molecule has 174 valence electrons. The number of sulfonamides is 1. The third kappa shape index (κ3) is 5.26. The van der Waals surface area contributed by atoms with Gasteiger partial charge in [0.1, 0.15) is 5.41 Å². The van der Waals surface area contributed by atoms with E-state index < -0.39 is 27.3 Å². The molecule has 1 N–H and O–H groups in total. The summed E-state index contributed by atoms with van der Waals surface area (Å²) >= 11 is 0. The molecule has 1 aliphatic carbocycles. The Morgan fingerprint density at radius 3 is 1.97 bits per heavy atom. The average molecular weight is 475 g/mol. The maximum atomic E-state index is 13.8. The molecule has 6 nitrogen and oxygen atoms in total. The zero-order valence-corrected chi connectivity index (χ0v) is 19.4. The van der Waals surface area contributed by atoms with E-state index in [-0.39, 0.29) is 6.54 Å². The van der Waals surface area contributed by atoms with E-state index in [9.17, 15) is 18.0 Å². The van der Waals surface area contributed by atoms with E-state index in [0.29, 0.717) is 30.5 Å². The second-order valence-electron chi connectivity index (χ2n) is 8.34. The molecule has 34 heavy (non-hydrogen) atoms. The fourth-order valence-electron chi connectivity index (χ4n) is 3.97. The molecule has 3 aromatic carbocycles. The molecule has 0 aliphatic heterocycles. The molecule has 0 spiro atoms. The highest BCUT2D eigenvalue weighted by Gasteiger charge is 2.53. The van der Waals surface area contributed by atoms with Crippen LogP contribution in [0.4, 0.5) is 5.69 Å². The highest BCUT2D eigenvalue weighted by Crippen LogP contribution is 2.44. The van der Waals surface area contributed by atoms with E-state index in [1.165, 1.54) is 6.08 Å². The minimum Gasteiger partial charge on any atom is -0.307 e. The van der Waals surface area contributed by atoms with Crippen molar-refractivity contribution < 1.29 is 18.0 Å². The molecule has 0 heterocycles. The number of rotatable bonds is 8.